The molecule has 0 bridgehead atoms. The Bertz CT molecular complexity index is 1020. The molecule has 2 heterocycles. The van der Waals surface area contributed by atoms with Gasteiger partial charge in [-0.2, -0.15) is 5.10 Å². The first-order valence-electron chi connectivity index (χ1n) is 7.32. The van der Waals surface area contributed by atoms with Gasteiger partial charge in [0.25, 0.3) is 5.91 Å². The summed E-state index contributed by atoms with van der Waals surface area (Å²) in [5.74, 6) is -0.180. The molecule has 2 aromatic carbocycles. The number of benzene rings is 2. The van der Waals surface area contributed by atoms with Crippen molar-refractivity contribution in [3.8, 4) is 0 Å². The number of anilines is 1. The smallest absolute Gasteiger partial charge is 0.255 e. The van der Waals surface area contributed by atoms with Gasteiger partial charge in [-0.3, -0.25) is 9.89 Å². The Morgan fingerprint density at radius 3 is 3.04 bits per heavy atom. The molecular formula is C16H14N6O. The number of rotatable bonds is 3. The van der Waals surface area contributed by atoms with E-state index in [-0.39, 0.29) is 5.91 Å². The first-order valence-corrected chi connectivity index (χ1v) is 7.32. The average Bonchev–Trinajstić information content (AvgIpc) is 3.19. The third kappa shape index (κ3) is 2.32. The summed E-state index contributed by atoms with van der Waals surface area (Å²) in [5.41, 5.74) is 3.84. The van der Waals surface area contributed by atoms with E-state index in [4.69, 9.17) is 0 Å². The van der Waals surface area contributed by atoms with Crippen molar-refractivity contribution >= 4 is 33.5 Å². The molecule has 0 atom stereocenters. The first-order chi connectivity index (χ1) is 11.2. The zero-order valence-corrected chi connectivity index (χ0v) is 12.4. The SMILES string of the molecule is CCn1nnc2cc(C(=O)Nc3ccc4[nH]ncc4c3)ccc21. The predicted molar refractivity (Wildman–Crippen MR) is 87.2 cm³/mol. The summed E-state index contributed by atoms with van der Waals surface area (Å²) in [5, 5.41) is 18.8. The molecule has 7 heteroatoms. The molecule has 114 valence electrons. The van der Waals surface area contributed by atoms with Gasteiger partial charge < -0.3 is 5.32 Å². The third-order valence-electron chi connectivity index (χ3n) is 3.77. The zero-order chi connectivity index (χ0) is 15.8. The number of carbonyl (C=O) groups excluding carboxylic acids is 1. The molecule has 0 saturated heterocycles. The van der Waals surface area contributed by atoms with Crippen LogP contribution in [0.3, 0.4) is 0 Å². The number of nitrogens with one attached hydrogen (secondary N) is 2. The van der Waals surface area contributed by atoms with Gasteiger partial charge in [0.05, 0.1) is 17.2 Å². The fourth-order valence-electron chi connectivity index (χ4n) is 2.57. The Morgan fingerprint density at radius 1 is 1.26 bits per heavy atom. The van der Waals surface area contributed by atoms with E-state index >= 15 is 0 Å². The van der Waals surface area contributed by atoms with Crippen LogP contribution in [0.15, 0.2) is 42.6 Å². The summed E-state index contributed by atoms with van der Waals surface area (Å²) in [6, 6.07) is 11.0. The lowest BCUT2D eigenvalue weighted by molar-refractivity contribution is 0.102. The van der Waals surface area contributed by atoms with Crippen molar-refractivity contribution in [1.82, 2.24) is 25.2 Å². The van der Waals surface area contributed by atoms with Crippen molar-refractivity contribution < 1.29 is 4.79 Å². The van der Waals surface area contributed by atoms with E-state index in [1.807, 2.05) is 31.2 Å². The molecular weight excluding hydrogens is 292 g/mol. The summed E-state index contributed by atoms with van der Waals surface area (Å²) in [4.78, 5) is 12.4. The summed E-state index contributed by atoms with van der Waals surface area (Å²) in [6.45, 7) is 2.74. The zero-order valence-electron chi connectivity index (χ0n) is 12.4. The van der Waals surface area contributed by atoms with Crippen molar-refractivity contribution in [2.45, 2.75) is 13.5 Å². The van der Waals surface area contributed by atoms with Crippen LogP contribution in [-0.2, 0) is 6.54 Å². The molecule has 4 aromatic rings. The summed E-state index contributed by atoms with van der Waals surface area (Å²) in [6.07, 6.45) is 1.72. The Morgan fingerprint density at radius 2 is 2.17 bits per heavy atom. The van der Waals surface area contributed by atoms with Gasteiger partial charge in [-0.1, -0.05) is 5.21 Å². The fraction of sp³-hybridized carbons (Fsp3) is 0.125. The van der Waals surface area contributed by atoms with Crippen LogP contribution in [0.4, 0.5) is 5.69 Å². The number of H-pyrrole nitrogens is 1. The highest BCUT2D eigenvalue weighted by molar-refractivity contribution is 6.06. The molecule has 0 radical (unpaired) electrons. The van der Waals surface area contributed by atoms with Crippen LogP contribution in [0.1, 0.15) is 17.3 Å². The van der Waals surface area contributed by atoms with Crippen LogP contribution in [0, 0.1) is 0 Å². The normalized spacial score (nSPS) is 11.2. The molecule has 0 spiro atoms. The minimum Gasteiger partial charge on any atom is -0.322 e. The summed E-state index contributed by atoms with van der Waals surface area (Å²) >= 11 is 0. The summed E-state index contributed by atoms with van der Waals surface area (Å²) < 4.78 is 1.80. The quantitative estimate of drug-likeness (QED) is 0.609. The molecule has 4 rings (SSSR count). The molecule has 0 aliphatic rings. The molecule has 0 unspecified atom stereocenters. The predicted octanol–water partition coefficient (Wildman–Crippen LogP) is 2.58. The van der Waals surface area contributed by atoms with Gasteiger partial charge >= 0.3 is 0 Å². The van der Waals surface area contributed by atoms with Crippen LogP contribution in [0.5, 0.6) is 0 Å². The Balaban J connectivity index is 1.63. The lowest BCUT2D eigenvalue weighted by Gasteiger charge is -2.05. The molecule has 1 amide bonds. The van der Waals surface area contributed by atoms with Gasteiger partial charge in [-0.05, 0) is 43.3 Å². The average molecular weight is 306 g/mol. The van der Waals surface area contributed by atoms with E-state index in [2.05, 4.69) is 25.8 Å². The van der Waals surface area contributed by atoms with Gasteiger partial charge in [0.1, 0.15) is 5.52 Å². The maximum Gasteiger partial charge on any atom is 0.255 e. The third-order valence-corrected chi connectivity index (χ3v) is 3.77. The van der Waals surface area contributed by atoms with Gasteiger partial charge in [-0.15, -0.1) is 5.10 Å². The number of aromatic amines is 1. The van der Waals surface area contributed by atoms with Crippen molar-refractivity contribution in [3.05, 3.63) is 48.2 Å². The topological polar surface area (TPSA) is 88.5 Å². The van der Waals surface area contributed by atoms with E-state index in [9.17, 15) is 4.79 Å². The minimum absolute atomic E-state index is 0.180. The Kier molecular flexibility index (Phi) is 3.04. The molecule has 2 N–H and O–H groups in total. The maximum absolute atomic E-state index is 12.4. The van der Waals surface area contributed by atoms with Gasteiger partial charge in [0.2, 0.25) is 0 Å². The Labute approximate surface area is 131 Å². The largest absolute Gasteiger partial charge is 0.322 e. The molecule has 0 fully saturated rings. The minimum atomic E-state index is -0.180. The first kappa shape index (κ1) is 13.4. The summed E-state index contributed by atoms with van der Waals surface area (Å²) in [7, 11) is 0. The van der Waals surface area contributed by atoms with Gasteiger partial charge in [0.15, 0.2) is 0 Å². The number of aromatic nitrogens is 5. The number of nitrogens with zero attached hydrogens (tertiary/aromatic N) is 4. The van der Waals surface area contributed by atoms with Gasteiger partial charge in [0, 0.05) is 23.2 Å². The second-order valence-corrected chi connectivity index (χ2v) is 5.23. The van der Waals surface area contributed by atoms with Crippen LogP contribution in [0.25, 0.3) is 21.9 Å². The molecule has 7 nitrogen and oxygen atoms in total. The molecule has 0 saturated carbocycles. The molecule has 0 aliphatic carbocycles. The van der Waals surface area contributed by atoms with E-state index in [0.717, 1.165) is 28.7 Å². The van der Waals surface area contributed by atoms with Crippen LogP contribution < -0.4 is 5.32 Å². The Hall–Kier alpha value is -3.22. The number of amides is 1. The number of fused-ring (bicyclic) bond motifs is 2. The van der Waals surface area contributed by atoms with Crippen molar-refractivity contribution in [3.63, 3.8) is 0 Å². The molecule has 0 aliphatic heterocycles. The van der Waals surface area contributed by atoms with E-state index in [1.54, 1.807) is 23.0 Å². The lowest BCUT2D eigenvalue weighted by Crippen LogP contribution is -2.11. The second-order valence-electron chi connectivity index (χ2n) is 5.23. The highest BCUT2D eigenvalue weighted by atomic mass is 16.1. The highest BCUT2D eigenvalue weighted by Gasteiger charge is 2.10. The van der Waals surface area contributed by atoms with Crippen LogP contribution >= 0.6 is 0 Å². The van der Waals surface area contributed by atoms with Crippen molar-refractivity contribution in [1.29, 1.82) is 0 Å². The van der Waals surface area contributed by atoms with E-state index in [0.29, 0.717) is 11.1 Å². The van der Waals surface area contributed by atoms with Crippen molar-refractivity contribution in [2.75, 3.05) is 5.32 Å². The number of hydrogen-bond donors (Lipinski definition) is 2. The van der Waals surface area contributed by atoms with Crippen LogP contribution in [0.2, 0.25) is 0 Å². The van der Waals surface area contributed by atoms with Gasteiger partial charge in [-0.25, -0.2) is 4.68 Å². The van der Waals surface area contributed by atoms with Crippen LogP contribution in [-0.4, -0.2) is 31.1 Å². The van der Waals surface area contributed by atoms with Crippen molar-refractivity contribution in [2.24, 2.45) is 0 Å². The van der Waals surface area contributed by atoms with E-state index < -0.39 is 0 Å². The molecule has 23 heavy (non-hydrogen) atoms. The van der Waals surface area contributed by atoms with E-state index in [1.165, 1.54) is 0 Å². The fourth-order valence-corrected chi connectivity index (χ4v) is 2.57. The highest BCUT2D eigenvalue weighted by Crippen LogP contribution is 2.19. The standard InChI is InChI=1S/C16H14N6O/c1-2-22-15-6-3-10(8-14(15)20-21-22)16(23)18-12-4-5-13-11(7-12)9-17-19-13/h3-9H,2H2,1H3,(H,17,19)(H,18,23). The molecule has 2 aromatic heterocycles. The lowest BCUT2D eigenvalue weighted by atomic mass is 10.1. The number of hydrogen-bond acceptors (Lipinski definition) is 4. The second kappa shape index (κ2) is 5.20. The maximum atomic E-state index is 12.4. The number of carbonyl (C=O) groups is 1. The number of aryl methyl sites for hydroxylation is 1. The monoisotopic (exact) mass is 306 g/mol.